The van der Waals surface area contributed by atoms with Crippen LogP contribution >= 0.6 is 11.6 Å². The highest BCUT2D eigenvalue weighted by Crippen LogP contribution is 2.32. The molecule has 2 aromatic carbocycles. The van der Waals surface area contributed by atoms with Crippen LogP contribution < -0.4 is 10.2 Å². The molecule has 154 valence electrons. The molecule has 9 heteroatoms. The van der Waals surface area contributed by atoms with Crippen molar-refractivity contribution in [3.8, 4) is 17.1 Å². The van der Waals surface area contributed by atoms with Crippen LogP contribution in [0.15, 0.2) is 64.1 Å². The summed E-state index contributed by atoms with van der Waals surface area (Å²) in [5.74, 6) is 0.997. The zero-order chi connectivity index (χ0) is 21.5. The normalized spacial score (nSPS) is 10.9. The molecule has 3 rings (SSSR count). The highest BCUT2D eigenvalue weighted by atomic mass is 35.5. The van der Waals surface area contributed by atoms with Crippen molar-refractivity contribution in [3.05, 3.63) is 81.1 Å². The van der Waals surface area contributed by atoms with Gasteiger partial charge in [-0.3, -0.25) is 14.9 Å². The minimum atomic E-state index is -0.511. The van der Waals surface area contributed by atoms with Crippen molar-refractivity contribution < 1.29 is 18.9 Å². The Morgan fingerprint density at radius 3 is 2.70 bits per heavy atom. The maximum absolute atomic E-state index is 12.2. The van der Waals surface area contributed by atoms with E-state index in [9.17, 15) is 14.9 Å². The van der Waals surface area contributed by atoms with E-state index < -0.39 is 4.92 Å². The average molecular weight is 428 g/mol. The van der Waals surface area contributed by atoms with Crippen LogP contribution in [0, 0.1) is 10.1 Å². The molecule has 0 saturated carbocycles. The number of rotatable bonds is 8. The van der Waals surface area contributed by atoms with Crippen molar-refractivity contribution in [1.82, 2.24) is 5.43 Å². The summed E-state index contributed by atoms with van der Waals surface area (Å²) in [4.78, 5) is 22.6. The quantitative estimate of drug-likeness (QED) is 0.307. The SMILES string of the molecule is CCCOc1ccc(C(=O)N/N=C/c2ccc(-c3cc([N+](=O)[O-])ccc3Cl)o2)cc1. The number of carbonyl (C=O) groups is 1. The second-order valence-electron chi connectivity index (χ2n) is 6.20. The summed E-state index contributed by atoms with van der Waals surface area (Å²) in [6, 6.07) is 14.0. The Labute approximate surface area is 177 Å². The van der Waals surface area contributed by atoms with Gasteiger partial charge >= 0.3 is 0 Å². The van der Waals surface area contributed by atoms with E-state index in [1.807, 2.05) is 6.92 Å². The molecule has 0 fully saturated rings. The smallest absolute Gasteiger partial charge is 0.271 e. The zero-order valence-corrected chi connectivity index (χ0v) is 16.8. The van der Waals surface area contributed by atoms with Gasteiger partial charge in [-0.2, -0.15) is 5.10 Å². The second-order valence-corrected chi connectivity index (χ2v) is 6.60. The molecule has 0 saturated heterocycles. The third-order valence-corrected chi connectivity index (χ3v) is 4.33. The fourth-order valence-corrected chi connectivity index (χ4v) is 2.73. The molecule has 0 aliphatic rings. The third kappa shape index (κ3) is 5.24. The van der Waals surface area contributed by atoms with Gasteiger partial charge in [-0.15, -0.1) is 0 Å². The Balaban J connectivity index is 1.64. The van der Waals surface area contributed by atoms with Gasteiger partial charge in [-0.1, -0.05) is 18.5 Å². The van der Waals surface area contributed by atoms with Gasteiger partial charge in [0.15, 0.2) is 0 Å². The molecule has 1 N–H and O–H groups in total. The number of carbonyl (C=O) groups excluding carboxylic acids is 1. The number of hydrogen-bond donors (Lipinski definition) is 1. The number of ether oxygens (including phenoxy) is 1. The van der Waals surface area contributed by atoms with Crippen LogP contribution in [0.5, 0.6) is 5.75 Å². The average Bonchev–Trinajstić information content (AvgIpc) is 3.21. The molecule has 1 heterocycles. The topological polar surface area (TPSA) is 107 Å². The first-order chi connectivity index (χ1) is 14.5. The number of non-ortho nitro benzene ring substituents is 1. The number of benzene rings is 2. The molecule has 0 aliphatic heterocycles. The fraction of sp³-hybridized carbons (Fsp3) is 0.143. The number of amides is 1. The molecule has 1 amide bonds. The Hall–Kier alpha value is -3.65. The summed E-state index contributed by atoms with van der Waals surface area (Å²) >= 11 is 6.12. The van der Waals surface area contributed by atoms with Gasteiger partial charge in [0.05, 0.1) is 22.8 Å². The standard InChI is InChI=1S/C21H18ClN3O5/c1-2-11-29-16-6-3-14(4-7-16)21(26)24-23-13-17-8-10-20(30-17)18-12-15(25(27)28)5-9-19(18)22/h3-10,12-13H,2,11H2,1H3,(H,24,26)/b23-13+. The lowest BCUT2D eigenvalue weighted by Crippen LogP contribution is -2.17. The maximum atomic E-state index is 12.2. The molecule has 8 nitrogen and oxygen atoms in total. The van der Waals surface area contributed by atoms with Crippen LogP contribution in [0.3, 0.4) is 0 Å². The van der Waals surface area contributed by atoms with Crippen LogP contribution in [-0.4, -0.2) is 23.7 Å². The number of nitrogens with zero attached hydrogens (tertiary/aromatic N) is 2. The van der Waals surface area contributed by atoms with E-state index in [1.54, 1.807) is 36.4 Å². The number of nitro groups is 1. The minimum absolute atomic E-state index is 0.0978. The highest BCUT2D eigenvalue weighted by Gasteiger charge is 2.14. The summed E-state index contributed by atoms with van der Waals surface area (Å²) < 4.78 is 11.1. The van der Waals surface area contributed by atoms with E-state index in [-0.39, 0.29) is 11.6 Å². The van der Waals surface area contributed by atoms with Crippen LogP contribution in [0.2, 0.25) is 5.02 Å². The highest BCUT2D eigenvalue weighted by molar-refractivity contribution is 6.33. The van der Waals surface area contributed by atoms with Gasteiger partial charge in [0.25, 0.3) is 11.6 Å². The maximum Gasteiger partial charge on any atom is 0.271 e. The Morgan fingerprint density at radius 1 is 1.23 bits per heavy atom. The predicted molar refractivity (Wildman–Crippen MR) is 113 cm³/mol. The number of halogens is 1. The first-order valence-corrected chi connectivity index (χ1v) is 9.46. The minimum Gasteiger partial charge on any atom is -0.494 e. The van der Waals surface area contributed by atoms with E-state index in [4.69, 9.17) is 20.8 Å². The molecule has 0 atom stereocenters. The van der Waals surface area contributed by atoms with Crippen molar-refractivity contribution in [2.24, 2.45) is 5.10 Å². The molecule has 0 bridgehead atoms. The number of hydrazone groups is 1. The van der Waals surface area contributed by atoms with Crippen LogP contribution in [0.1, 0.15) is 29.5 Å². The van der Waals surface area contributed by atoms with E-state index >= 15 is 0 Å². The summed E-state index contributed by atoms with van der Waals surface area (Å²) in [7, 11) is 0. The van der Waals surface area contributed by atoms with Crippen molar-refractivity contribution in [3.63, 3.8) is 0 Å². The molecular formula is C21H18ClN3O5. The third-order valence-electron chi connectivity index (χ3n) is 4.00. The fourth-order valence-electron chi connectivity index (χ4n) is 2.52. The molecular weight excluding hydrogens is 410 g/mol. The van der Waals surface area contributed by atoms with Crippen molar-refractivity contribution in [2.45, 2.75) is 13.3 Å². The van der Waals surface area contributed by atoms with Crippen LogP contribution in [0.4, 0.5) is 5.69 Å². The summed E-state index contributed by atoms with van der Waals surface area (Å²) in [6.07, 6.45) is 2.23. The molecule has 3 aromatic rings. The van der Waals surface area contributed by atoms with Gasteiger partial charge in [0, 0.05) is 23.3 Å². The van der Waals surface area contributed by atoms with Crippen LogP contribution in [0.25, 0.3) is 11.3 Å². The van der Waals surface area contributed by atoms with Gasteiger partial charge in [0.1, 0.15) is 17.3 Å². The number of furan rings is 1. The lowest BCUT2D eigenvalue weighted by Gasteiger charge is -2.05. The van der Waals surface area contributed by atoms with Crippen molar-refractivity contribution in [2.75, 3.05) is 6.61 Å². The molecule has 30 heavy (non-hydrogen) atoms. The first kappa shape index (κ1) is 21.1. The second kappa shape index (κ2) is 9.71. The van der Waals surface area contributed by atoms with E-state index in [2.05, 4.69) is 10.5 Å². The molecule has 0 spiro atoms. The van der Waals surface area contributed by atoms with E-state index in [0.717, 1.165) is 6.42 Å². The number of nitrogens with one attached hydrogen (secondary N) is 1. The Kier molecular flexibility index (Phi) is 6.82. The number of hydrogen-bond acceptors (Lipinski definition) is 6. The van der Waals surface area contributed by atoms with E-state index in [1.165, 1.54) is 24.4 Å². The summed E-state index contributed by atoms with van der Waals surface area (Å²) in [5.41, 5.74) is 3.13. The van der Waals surface area contributed by atoms with Gasteiger partial charge in [-0.05, 0) is 48.9 Å². The van der Waals surface area contributed by atoms with Crippen LogP contribution in [-0.2, 0) is 0 Å². The molecule has 0 radical (unpaired) electrons. The lowest BCUT2D eigenvalue weighted by molar-refractivity contribution is -0.384. The molecule has 1 aromatic heterocycles. The zero-order valence-electron chi connectivity index (χ0n) is 16.0. The largest absolute Gasteiger partial charge is 0.494 e. The number of nitro benzene ring substituents is 1. The van der Waals surface area contributed by atoms with E-state index in [0.29, 0.717) is 40.0 Å². The Bertz CT molecular complexity index is 1080. The Morgan fingerprint density at radius 2 is 2.00 bits per heavy atom. The first-order valence-electron chi connectivity index (χ1n) is 9.08. The van der Waals surface area contributed by atoms with Crippen molar-refractivity contribution >= 4 is 29.4 Å². The van der Waals surface area contributed by atoms with Gasteiger partial charge in [-0.25, -0.2) is 5.43 Å². The molecule has 0 unspecified atom stereocenters. The van der Waals surface area contributed by atoms with Crippen molar-refractivity contribution in [1.29, 1.82) is 0 Å². The van der Waals surface area contributed by atoms with Gasteiger partial charge < -0.3 is 9.15 Å². The monoisotopic (exact) mass is 427 g/mol. The summed E-state index contributed by atoms with van der Waals surface area (Å²) in [6.45, 7) is 2.63. The predicted octanol–water partition coefficient (Wildman–Crippen LogP) is 5.06. The molecule has 0 aliphatic carbocycles. The lowest BCUT2D eigenvalue weighted by atomic mass is 10.1. The summed E-state index contributed by atoms with van der Waals surface area (Å²) in [5, 5.41) is 15.1. The van der Waals surface area contributed by atoms with Gasteiger partial charge in [0.2, 0.25) is 0 Å².